The van der Waals surface area contributed by atoms with Crippen LogP contribution in [0.2, 0.25) is 0 Å². The van der Waals surface area contributed by atoms with Crippen LogP contribution < -0.4 is 10.9 Å². The molecule has 0 saturated carbocycles. The average Bonchev–Trinajstić information content (AvgIpc) is 2.12. The Balaban J connectivity index is 2.95. The summed E-state index contributed by atoms with van der Waals surface area (Å²) in [5.74, 6) is 0.737. The fourth-order valence-corrected chi connectivity index (χ4v) is 1.26. The quantitative estimate of drug-likeness (QED) is 0.817. The Morgan fingerprint density at radius 3 is 2.56 bits per heavy atom. The van der Waals surface area contributed by atoms with E-state index in [0.717, 1.165) is 11.5 Å². The first-order valence-corrected chi connectivity index (χ1v) is 5.63. The van der Waals surface area contributed by atoms with Crippen LogP contribution in [0.1, 0.15) is 46.1 Å². The van der Waals surface area contributed by atoms with Crippen LogP contribution in [0.25, 0.3) is 0 Å². The molecule has 1 rings (SSSR count). The number of aromatic nitrogens is 2. The van der Waals surface area contributed by atoms with Gasteiger partial charge in [0.25, 0.3) is 5.56 Å². The van der Waals surface area contributed by atoms with Gasteiger partial charge in [-0.05, 0) is 0 Å². The lowest BCUT2D eigenvalue weighted by Gasteiger charge is -2.18. The molecule has 0 amide bonds. The molecule has 90 valence electrons. The smallest absolute Gasteiger partial charge is 0.251 e. The van der Waals surface area contributed by atoms with Gasteiger partial charge in [0.2, 0.25) is 0 Å². The van der Waals surface area contributed by atoms with E-state index in [-0.39, 0.29) is 11.0 Å². The maximum Gasteiger partial charge on any atom is 0.251 e. The van der Waals surface area contributed by atoms with Gasteiger partial charge >= 0.3 is 0 Å². The van der Waals surface area contributed by atoms with Crippen molar-refractivity contribution in [2.75, 3.05) is 0 Å². The van der Waals surface area contributed by atoms with Crippen molar-refractivity contribution in [2.24, 2.45) is 0 Å². The van der Waals surface area contributed by atoms with Gasteiger partial charge in [0, 0.05) is 24.1 Å². The zero-order valence-electron chi connectivity index (χ0n) is 10.7. The summed E-state index contributed by atoms with van der Waals surface area (Å²) in [6, 6.07) is 1.93. The van der Waals surface area contributed by atoms with Gasteiger partial charge in [-0.3, -0.25) is 4.79 Å². The molecule has 16 heavy (non-hydrogen) atoms. The lowest BCUT2D eigenvalue weighted by Crippen LogP contribution is -2.27. The first-order valence-electron chi connectivity index (χ1n) is 5.63. The molecule has 0 aliphatic carbocycles. The number of hydrogen-bond acceptors (Lipinski definition) is 3. The van der Waals surface area contributed by atoms with Crippen LogP contribution in [0.3, 0.4) is 0 Å². The Labute approximate surface area is 96.5 Å². The van der Waals surface area contributed by atoms with Crippen molar-refractivity contribution in [1.29, 1.82) is 0 Å². The highest BCUT2D eigenvalue weighted by Gasteiger charge is 2.17. The topological polar surface area (TPSA) is 57.8 Å². The Kier molecular flexibility index (Phi) is 3.86. The summed E-state index contributed by atoms with van der Waals surface area (Å²) >= 11 is 0. The summed E-state index contributed by atoms with van der Waals surface area (Å²) in [7, 11) is 0. The molecule has 0 aliphatic heterocycles. The molecule has 1 heterocycles. The van der Waals surface area contributed by atoms with Gasteiger partial charge in [0.05, 0.1) is 5.69 Å². The molecule has 0 spiro atoms. The molecular weight excluding hydrogens is 202 g/mol. The van der Waals surface area contributed by atoms with Crippen molar-refractivity contribution < 1.29 is 0 Å². The van der Waals surface area contributed by atoms with E-state index in [1.165, 1.54) is 0 Å². The molecule has 0 aliphatic rings. The van der Waals surface area contributed by atoms with Crippen molar-refractivity contribution >= 4 is 0 Å². The molecule has 0 fully saturated rings. The van der Waals surface area contributed by atoms with Crippen LogP contribution in [-0.4, -0.2) is 16.0 Å². The van der Waals surface area contributed by atoms with E-state index >= 15 is 0 Å². The second-order valence-corrected chi connectivity index (χ2v) is 5.37. The van der Waals surface area contributed by atoms with Gasteiger partial charge in [0.15, 0.2) is 0 Å². The standard InChI is InChI=1S/C12H21N3O/c1-8(2)13-7-9-6-10(16)15-11(14-9)12(3,4)5/h6,8,13H,7H2,1-5H3,(H,14,15,16). The van der Waals surface area contributed by atoms with Gasteiger partial charge in [-0.1, -0.05) is 34.6 Å². The van der Waals surface area contributed by atoms with E-state index in [0.29, 0.717) is 12.6 Å². The lowest BCUT2D eigenvalue weighted by atomic mass is 9.95. The van der Waals surface area contributed by atoms with E-state index in [2.05, 4.69) is 29.1 Å². The number of rotatable bonds is 3. The molecule has 0 radical (unpaired) electrons. The Hall–Kier alpha value is -1.16. The van der Waals surface area contributed by atoms with Gasteiger partial charge < -0.3 is 10.3 Å². The summed E-state index contributed by atoms with van der Waals surface area (Å²) in [6.45, 7) is 10.9. The maximum atomic E-state index is 11.5. The third kappa shape index (κ3) is 3.77. The molecule has 4 heteroatoms. The predicted molar refractivity (Wildman–Crippen MR) is 65.5 cm³/mol. The fourth-order valence-electron chi connectivity index (χ4n) is 1.26. The average molecular weight is 223 g/mol. The number of aromatic amines is 1. The molecular formula is C12H21N3O. The monoisotopic (exact) mass is 223 g/mol. The van der Waals surface area contributed by atoms with Crippen molar-refractivity contribution in [3.05, 3.63) is 27.9 Å². The minimum Gasteiger partial charge on any atom is -0.310 e. The van der Waals surface area contributed by atoms with Gasteiger partial charge in [0.1, 0.15) is 5.82 Å². The Morgan fingerprint density at radius 2 is 2.06 bits per heavy atom. The second kappa shape index (κ2) is 4.78. The molecule has 0 aromatic carbocycles. The zero-order valence-corrected chi connectivity index (χ0v) is 10.7. The Bertz CT molecular complexity index is 401. The SMILES string of the molecule is CC(C)NCc1cc(=O)[nH]c(C(C)(C)C)n1. The first-order chi connectivity index (χ1) is 7.29. The fraction of sp³-hybridized carbons (Fsp3) is 0.667. The third-order valence-corrected chi connectivity index (χ3v) is 2.20. The van der Waals surface area contributed by atoms with E-state index in [9.17, 15) is 4.79 Å². The minimum absolute atomic E-state index is 0.0829. The highest BCUT2D eigenvalue weighted by molar-refractivity contribution is 5.08. The predicted octanol–water partition coefficient (Wildman–Crippen LogP) is 1.57. The molecule has 4 nitrogen and oxygen atoms in total. The number of H-pyrrole nitrogens is 1. The maximum absolute atomic E-state index is 11.5. The largest absolute Gasteiger partial charge is 0.310 e. The van der Waals surface area contributed by atoms with Gasteiger partial charge in [-0.25, -0.2) is 4.98 Å². The summed E-state index contributed by atoms with van der Waals surface area (Å²) in [5, 5.41) is 3.25. The van der Waals surface area contributed by atoms with Crippen molar-refractivity contribution in [3.63, 3.8) is 0 Å². The number of nitrogens with one attached hydrogen (secondary N) is 2. The van der Waals surface area contributed by atoms with Crippen LogP contribution in [-0.2, 0) is 12.0 Å². The van der Waals surface area contributed by atoms with Crippen molar-refractivity contribution in [1.82, 2.24) is 15.3 Å². The van der Waals surface area contributed by atoms with Gasteiger partial charge in [-0.15, -0.1) is 0 Å². The summed E-state index contributed by atoms with van der Waals surface area (Å²) in [5.41, 5.74) is 0.579. The molecule has 0 unspecified atom stereocenters. The van der Waals surface area contributed by atoms with Crippen LogP contribution in [0.15, 0.2) is 10.9 Å². The molecule has 0 atom stereocenters. The lowest BCUT2D eigenvalue weighted by molar-refractivity contribution is 0.528. The summed E-state index contributed by atoms with van der Waals surface area (Å²) < 4.78 is 0. The van der Waals surface area contributed by atoms with Crippen molar-refractivity contribution in [2.45, 2.75) is 52.6 Å². The van der Waals surface area contributed by atoms with E-state index in [1.807, 2.05) is 20.8 Å². The summed E-state index contributed by atoms with van der Waals surface area (Å²) in [4.78, 5) is 18.7. The summed E-state index contributed by atoms with van der Waals surface area (Å²) in [6.07, 6.45) is 0. The van der Waals surface area contributed by atoms with E-state index in [4.69, 9.17) is 0 Å². The van der Waals surface area contributed by atoms with Crippen LogP contribution in [0.5, 0.6) is 0 Å². The molecule has 0 saturated heterocycles. The zero-order chi connectivity index (χ0) is 12.3. The van der Waals surface area contributed by atoms with Crippen LogP contribution >= 0.6 is 0 Å². The third-order valence-electron chi connectivity index (χ3n) is 2.20. The van der Waals surface area contributed by atoms with E-state index in [1.54, 1.807) is 6.07 Å². The Morgan fingerprint density at radius 1 is 1.44 bits per heavy atom. The normalized spacial score (nSPS) is 12.1. The molecule has 2 N–H and O–H groups in total. The van der Waals surface area contributed by atoms with Crippen molar-refractivity contribution in [3.8, 4) is 0 Å². The first kappa shape index (κ1) is 12.9. The minimum atomic E-state index is -0.132. The molecule has 1 aromatic rings. The van der Waals surface area contributed by atoms with Crippen LogP contribution in [0, 0.1) is 0 Å². The number of nitrogens with zero attached hydrogens (tertiary/aromatic N) is 1. The molecule has 1 aromatic heterocycles. The van der Waals surface area contributed by atoms with Crippen LogP contribution in [0.4, 0.5) is 0 Å². The second-order valence-electron chi connectivity index (χ2n) is 5.37. The number of hydrogen-bond donors (Lipinski definition) is 2. The van der Waals surface area contributed by atoms with Gasteiger partial charge in [-0.2, -0.15) is 0 Å². The highest BCUT2D eigenvalue weighted by Crippen LogP contribution is 2.16. The highest BCUT2D eigenvalue weighted by atomic mass is 16.1. The van der Waals surface area contributed by atoms with E-state index < -0.39 is 0 Å². The molecule has 0 bridgehead atoms.